The fraction of sp³-hybridized carbons (Fsp3) is 0.333. The van der Waals surface area contributed by atoms with Crippen LogP contribution in [0.25, 0.3) is 0 Å². The van der Waals surface area contributed by atoms with Crippen LogP contribution in [-0.2, 0) is 17.9 Å². The second kappa shape index (κ2) is 6.57. The van der Waals surface area contributed by atoms with E-state index in [2.05, 4.69) is 12.0 Å². The van der Waals surface area contributed by atoms with E-state index in [9.17, 15) is 4.79 Å². The van der Waals surface area contributed by atoms with Crippen molar-refractivity contribution >= 4 is 23.2 Å². The minimum Gasteiger partial charge on any atom is -0.291 e. The number of benzene rings is 1. The predicted octanol–water partition coefficient (Wildman–Crippen LogP) is 2.98. The minimum absolute atomic E-state index is 0.0429. The van der Waals surface area contributed by atoms with Crippen molar-refractivity contribution in [2.45, 2.75) is 26.9 Å². The van der Waals surface area contributed by atoms with E-state index in [1.54, 1.807) is 15.8 Å². The van der Waals surface area contributed by atoms with Gasteiger partial charge in [0, 0.05) is 12.4 Å². The third kappa shape index (κ3) is 3.02. The quantitative estimate of drug-likeness (QED) is 0.794. The summed E-state index contributed by atoms with van der Waals surface area (Å²) in [7, 11) is 0. The first kappa shape index (κ1) is 14.6. The number of carbonyl (C=O) groups is 1. The lowest BCUT2D eigenvalue weighted by molar-refractivity contribution is -0.116. The van der Waals surface area contributed by atoms with E-state index >= 15 is 0 Å². The number of para-hydroxylation sites is 1. The number of aryl methyl sites for hydroxylation is 2. The van der Waals surface area contributed by atoms with Crippen LogP contribution in [0.3, 0.4) is 0 Å². The number of anilines is 1. The van der Waals surface area contributed by atoms with Crippen molar-refractivity contribution in [3.63, 3.8) is 0 Å². The van der Waals surface area contributed by atoms with Crippen LogP contribution in [-0.4, -0.2) is 21.6 Å². The monoisotopic (exact) mass is 291 g/mol. The van der Waals surface area contributed by atoms with Crippen LogP contribution in [0, 0.1) is 6.92 Å². The van der Waals surface area contributed by atoms with E-state index in [4.69, 9.17) is 11.6 Å². The van der Waals surface area contributed by atoms with Crippen LogP contribution in [0.15, 0.2) is 36.7 Å². The summed E-state index contributed by atoms with van der Waals surface area (Å²) in [5, 5.41) is 4.16. The van der Waals surface area contributed by atoms with E-state index in [0.717, 1.165) is 23.2 Å². The van der Waals surface area contributed by atoms with Crippen molar-refractivity contribution < 1.29 is 4.79 Å². The molecule has 0 aliphatic carbocycles. The van der Waals surface area contributed by atoms with E-state index in [0.29, 0.717) is 6.67 Å². The zero-order valence-electron chi connectivity index (χ0n) is 11.7. The van der Waals surface area contributed by atoms with Gasteiger partial charge in [0.25, 0.3) is 0 Å². The van der Waals surface area contributed by atoms with Gasteiger partial charge in [-0.3, -0.25) is 14.4 Å². The molecule has 106 valence electrons. The summed E-state index contributed by atoms with van der Waals surface area (Å²) in [5.41, 5.74) is 3.14. The molecule has 0 saturated heterocycles. The molecule has 1 aromatic heterocycles. The van der Waals surface area contributed by atoms with E-state index in [-0.39, 0.29) is 11.8 Å². The number of nitrogens with zero attached hydrogens (tertiary/aromatic N) is 3. The van der Waals surface area contributed by atoms with Gasteiger partial charge in [-0.15, -0.1) is 11.6 Å². The molecule has 1 heterocycles. The molecule has 2 aromatic rings. The number of hydrogen-bond donors (Lipinski definition) is 0. The molecule has 0 atom stereocenters. The van der Waals surface area contributed by atoms with E-state index < -0.39 is 0 Å². The third-order valence-corrected chi connectivity index (χ3v) is 3.46. The van der Waals surface area contributed by atoms with Crippen molar-refractivity contribution in [2.24, 2.45) is 0 Å². The van der Waals surface area contributed by atoms with Crippen molar-refractivity contribution in [2.75, 3.05) is 10.8 Å². The van der Waals surface area contributed by atoms with Gasteiger partial charge in [0.05, 0.1) is 5.69 Å². The Labute approximate surface area is 124 Å². The maximum absolute atomic E-state index is 12.2. The Morgan fingerprint density at radius 1 is 1.40 bits per heavy atom. The SMILES string of the molecule is CCc1cccc(C)c1N(Cn1cccn1)C(=O)CCl. The molecule has 0 aliphatic heterocycles. The number of amides is 1. The Morgan fingerprint density at radius 2 is 2.20 bits per heavy atom. The van der Waals surface area contributed by atoms with Crippen LogP contribution < -0.4 is 4.90 Å². The highest BCUT2D eigenvalue weighted by molar-refractivity contribution is 6.29. The topological polar surface area (TPSA) is 38.1 Å². The number of alkyl halides is 1. The molecule has 0 N–H and O–H groups in total. The van der Waals surface area contributed by atoms with Gasteiger partial charge >= 0.3 is 0 Å². The number of aromatic nitrogens is 2. The largest absolute Gasteiger partial charge is 0.291 e. The zero-order valence-corrected chi connectivity index (χ0v) is 12.5. The van der Waals surface area contributed by atoms with Gasteiger partial charge in [0.1, 0.15) is 12.5 Å². The average molecular weight is 292 g/mol. The molecular formula is C15H18ClN3O. The summed E-state index contributed by atoms with van der Waals surface area (Å²) in [6.45, 7) is 4.46. The molecule has 0 bridgehead atoms. The summed E-state index contributed by atoms with van der Waals surface area (Å²) < 4.78 is 1.72. The smallest absolute Gasteiger partial charge is 0.243 e. The molecule has 0 aliphatic rings. The van der Waals surface area contributed by atoms with Crippen LogP contribution >= 0.6 is 11.6 Å². The molecular weight excluding hydrogens is 274 g/mol. The highest BCUT2D eigenvalue weighted by atomic mass is 35.5. The van der Waals surface area contributed by atoms with Crippen LogP contribution in [0.1, 0.15) is 18.1 Å². The van der Waals surface area contributed by atoms with Gasteiger partial charge in [-0.05, 0) is 30.5 Å². The molecule has 20 heavy (non-hydrogen) atoms. The first-order valence-corrected chi connectivity index (χ1v) is 7.13. The average Bonchev–Trinajstić information content (AvgIpc) is 2.97. The van der Waals surface area contributed by atoms with Crippen molar-refractivity contribution in [1.82, 2.24) is 9.78 Å². The Balaban J connectivity index is 2.43. The lowest BCUT2D eigenvalue weighted by Crippen LogP contribution is -2.35. The van der Waals surface area contributed by atoms with Gasteiger partial charge < -0.3 is 0 Å². The van der Waals surface area contributed by atoms with Crippen molar-refractivity contribution in [3.05, 3.63) is 47.8 Å². The Bertz CT molecular complexity index is 581. The molecule has 0 radical (unpaired) electrons. The lowest BCUT2D eigenvalue weighted by Gasteiger charge is -2.26. The van der Waals surface area contributed by atoms with Gasteiger partial charge in [-0.2, -0.15) is 5.10 Å². The van der Waals surface area contributed by atoms with Gasteiger partial charge in [0.15, 0.2) is 0 Å². The third-order valence-electron chi connectivity index (χ3n) is 3.23. The van der Waals surface area contributed by atoms with Gasteiger partial charge in [0.2, 0.25) is 5.91 Å². The first-order chi connectivity index (χ1) is 9.67. The zero-order chi connectivity index (χ0) is 14.5. The molecule has 1 amide bonds. The fourth-order valence-electron chi connectivity index (χ4n) is 2.27. The van der Waals surface area contributed by atoms with Crippen molar-refractivity contribution in [3.8, 4) is 0 Å². The normalized spacial score (nSPS) is 10.6. The molecule has 0 saturated carbocycles. The Hall–Kier alpha value is -1.81. The molecule has 0 fully saturated rings. The lowest BCUT2D eigenvalue weighted by atomic mass is 10.0. The molecule has 0 unspecified atom stereocenters. The second-order valence-electron chi connectivity index (χ2n) is 4.58. The van der Waals surface area contributed by atoms with Crippen LogP contribution in [0.5, 0.6) is 0 Å². The summed E-state index contributed by atoms with van der Waals surface area (Å²) in [4.78, 5) is 13.9. The highest BCUT2D eigenvalue weighted by Crippen LogP contribution is 2.26. The van der Waals surface area contributed by atoms with Crippen molar-refractivity contribution in [1.29, 1.82) is 0 Å². The first-order valence-electron chi connectivity index (χ1n) is 6.59. The Kier molecular flexibility index (Phi) is 4.79. The minimum atomic E-state index is -0.119. The summed E-state index contributed by atoms with van der Waals surface area (Å²) in [5.74, 6) is -0.162. The van der Waals surface area contributed by atoms with Crippen LogP contribution in [0.2, 0.25) is 0 Å². The maximum atomic E-state index is 12.2. The molecule has 4 nitrogen and oxygen atoms in total. The summed E-state index contributed by atoms with van der Waals surface area (Å²) >= 11 is 5.76. The molecule has 1 aromatic carbocycles. The standard InChI is InChI=1S/C15H18ClN3O/c1-3-13-7-4-6-12(2)15(13)19(14(20)10-16)11-18-9-5-8-17-18/h4-9H,3,10-11H2,1-2H3. The molecule has 0 spiro atoms. The number of rotatable bonds is 5. The number of carbonyl (C=O) groups excluding carboxylic acids is 1. The van der Waals surface area contributed by atoms with Gasteiger partial charge in [-0.25, -0.2) is 0 Å². The molecule has 5 heteroatoms. The number of halogens is 1. The summed E-state index contributed by atoms with van der Waals surface area (Å²) in [6.07, 6.45) is 4.39. The number of hydrogen-bond acceptors (Lipinski definition) is 2. The van der Waals surface area contributed by atoms with E-state index in [1.165, 1.54) is 0 Å². The van der Waals surface area contributed by atoms with Gasteiger partial charge in [-0.1, -0.05) is 25.1 Å². The molecule has 2 rings (SSSR count). The highest BCUT2D eigenvalue weighted by Gasteiger charge is 2.19. The Morgan fingerprint density at radius 3 is 2.80 bits per heavy atom. The van der Waals surface area contributed by atoms with Crippen LogP contribution in [0.4, 0.5) is 5.69 Å². The second-order valence-corrected chi connectivity index (χ2v) is 4.85. The fourth-order valence-corrected chi connectivity index (χ4v) is 2.41. The summed E-state index contributed by atoms with van der Waals surface area (Å²) in [6, 6.07) is 7.89. The maximum Gasteiger partial charge on any atom is 0.243 e. The predicted molar refractivity (Wildman–Crippen MR) is 81.0 cm³/mol. The van der Waals surface area contributed by atoms with E-state index in [1.807, 2.05) is 37.4 Å².